The number of hydrogen-bond donors (Lipinski definition) is 2. The highest BCUT2D eigenvalue weighted by Gasteiger charge is 2.28. The molecule has 0 aliphatic heterocycles. The van der Waals surface area contributed by atoms with E-state index in [-0.39, 0.29) is 30.5 Å². The molecule has 2 atom stereocenters. The molecule has 2 heterocycles. The molecule has 282 valence electrons. The summed E-state index contributed by atoms with van der Waals surface area (Å²) in [5.74, 6) is -1.25. The summed E-state index contributed by atoms with van der Waals surface area (Å²) in [4.78, 5) is 52.8. The maximum Gasteiger partial charge on any atom is 0.326 e. The Morgan fingerprint density at radius 1 is 0.796 bits per heavy atom. The third-order valence-corrected chi connectivity index (χ3v) is 10.1. The van der Waals surface area contributed by atoms with Crippen LogP contribution >= 0.6 is 11.3 Å². The molecule has 0 bridgehead atoms. The number of ketones is 1. The number of nitrogens with one attached hydrogen (secondary N) is 1. The van der Waals surface area contributed by atoms with E-state index in [0.29, 0.717) is 17.1 Å². The largest absolute Gasteiger partial charge is 0.494 e. The highest BCUT2D eigenvalue weighted by atomic mass is 32.1. The number of Topliss-reactive ketones (excluding diaryl/α,β-unsaturated/α-hetero) is 1. The first-order chi connectivity index (χ1) is 26.0. The number of benzene rings is 3. The summed E-state index contributed by atoms with van der Waals surface area (Å²) >= 11 is 1.36. The number of aromatic nitrogens is 3. The predicted octanol–water partition coefficient (Wildman–Crippen LogP) is 9.16. The van der Waals surface area contributed by atoms with Crippen LogP contribution in [0, 0.1) is 5.92 Å². The van der Waals surface area contributed by atoms with Gasteiger partial charge in [-0.3, -0.25) is 9.59 Å². The minimum Gasteiger partial charge on any atom is -0.494 e. The number of carboxylic acid groups (broad SMARTS) is 1. The van der Waals surface area contributed by atoms with Crippen LogP contribution in [-0.4, -0.2) is 50.4 Å². The van der Waals surface area contributed by atoms with Gasteiger partial charge in [0.05, 0.1) is 17.8 Å². The average molecular weight is 747 g/mol. The van der Waals surface area contributed by atoms with E-state index < -0.39 is 23.8 Å². The van der Waals surface area contributed by atoms with Crippen molar-refractivity contribution in [2.75, 3.05) is 6.61 Å². The molecule has 0 saturated carbocycles. The number of carboxylic acids is 1. The molecule has 5 aromatic rings. The second-order valence-corrected chi connectivity index (χ2v) is 15.4. The van der Waals surface area contributed by atoms with Crippen molar-refractivity contribution in [3.8, 4) is 28.3 Å². The normalized spacial score (nSPS) is 12.5. The van der Waals surface area contributed by atoms with Gasteiger partial charge in [-0.25, -0.2) is 19.7 Å². The van der Waals surface area contributed by atoms with Crippen LogP contribution in [0.3, 0.4) is 0 Å². The molecule has 0 aliphatic carbocycles. The van der Waals surface area contributed by atoms with Crippen LogP contribution < -0.4 is 10.1 Å². The first-order valence-electron chi connectivity index (χ1n) is 18.7. The molecule has 54 heavy (non-hydrogen) atoms. The zero-order valence-corrected chi connectivity index (χ0v) is 32.4. The smallest absolute Gasteiger partial charge is 0.326 e. The number of amides is 1. The Labute approximate surface area is 322 Å². The third-order valence-electron chi connectivity index (χ3n) is 9.44. The van der Waals surface area contributed by atoms with Gasteiger partial charge in [-0.1, -0.05) is 114 Å². The molecule has 2 N–H and O–H groups in total. The van der Waals surface area contributed by atoms with Gasteiger partial charge >= 0.3 is 5.97 Å². The highest BCUT2D eigenvalue weighted by Crippen LogP contribution is 2.26. The van der Waals surface area contributed by atoms with E-state index in [1.807, 2.05) is 60.7 Å². The second-order valence-electron chi connectivity index (χ2n) is 14.7. The molecule has 0 unspecified atom stereocenters. The summed E-state index contributed by atoms with van der Waals surface area (Å²) in [5.41, 5.74) is 7.25. The van der Waals surface area contributed by atoms with Gasteiger partial charge in [-0.15, -0.1) is 11.3 Å². The summed E-state index contributed by atoms with van der Waals surface area (Å²) < 4.78 is 5.90. The van der Waals surface area contributed by atoms with Gasteiger partial charge < -0.3 is 15.2 Å². The van der Waals surface area contributed by atoms with Gasteiger partial charge in [-0.05, 0) is 47.1 Å². The molecular weight excluding hydrogens is 697 g/mol. The molecular formula is C44H50N4O5S. The average Bonchev–Trinajstić information content (AvgIpc) is 3.69. The maximum absolute atomic E-state index is 13.7. The minimum atomic E-state index is -1.18. The second kappa shape index (κ2) is 19.2. The lowest BCUT2D eigenvalue weighted by atomic mass is 9.85. The lowest BCUT2D eigenvalue weighted by Crippen LogP contribution is -2.45. The maximum atomic E-state index is 13.7. The summed E-state index contributed by atoms with van der Waals surface area (Å²) in [6.07, 6.45) is 9.79. The van der Waals surface area contributed by atoms with E-state index in [9.17, 15) is 19.5 Å². The standard InChI is InChI=1S/C44H50N4O5S/c1-5-6-7-8-9-22-53-38-20-16-31(17-21-38)35-26-45-41(46-27-35)33-12-10-30(11-13-33)23-34(24-40(49)32-14-18-36(19-15-32)44(2,3)4)42(50)48-39(43(51)52)25-37-28-54-29-47-37/h10-21,26-29,34,39H,5-9,22-25H2,1-4H3,(H,48,50)(H,51,52)/t34-,39+/m1/s1. The van der Waals surface area contributed by atoms with Crippen molar-refractivity contribution < 1.29 is 24.2 Å². The molecule has 10 heteroatoms. The summed E-state index contributed by atoms with van der Waals surface area (Å²) in [6, 6.07) is 21.8. The van der Waals surface area contributed by atoms with Gasteiger partial charge in [-0.2, -0.15) is 0 Å². The van der Waals surface area contributed by atoms with E-state index in [1.54, 1.807) is 35.4 Å². The Morgan fingerprint density at radius 2 is 1.46 bits per heavy atom. The Hall–Kier alpha value is -5.22. The van der Waals surface area contributed by atoms with Crippen molar-refractivity contribution in [1.82, 2.24) is 20.3 Å². The molecule has 0 radical (unpaired) electrons. The third kappa shape index (κ3) is 11.6. The topological polar surface area (TPSA) is 131 Å². The predicted molar refractivity (Wildman–Crippen MR) is 214 cm³/mol. The van der Waals surface area contributed by atoms with Crippen molar-refractivity contribution in [3.63, 3.8) is 0 Å². The number of thiazole rings is 1. The van der Waals surface area contributed by atoms with Crippen molar-refractivity contribution >= 4 is 29.0 Å². The van der Waals surface area contributed by atoms with Gasteiger partial charge in [0.25, 0.3) is 0 Å². The Kier molecular flexibility index (Phi) is 14.2. The van der Waals surface area contributed by atoms with Crippen molar-refractivity contribution in [2.45, 2.75) is 90.5 Å². The summed E-state index contributed by atoms with van der Waals surface area (Å²) in [5, 5.41) is 14.4. The van der Waals surface area contributed by atoms with Crippen LogP contribution in [0.4, 0.5) is 0 Å². The lowest BCUT2D eigenvalue weighted by molar-refractivity contribution is -0.142. The van der Waals surface area contributed by atoms with E-state index in [0.717, 1.165) is 46.6 Å². The molecule has 0 aliphatic rings. The zero-order valence-electron chi connectivity index (χ0n) is 31.6. The molecule has 0 saturated heterocycles. The van der Waals surface area contributed by atoms with Gasteiger partial charge in [0.1, 0.15) is 11.8 Å². The SMILES string of the molecule is CCCCCCCOc1ccc(-c2cnc(-c3ccc(C[C@H](CC(=O)c4ccc(C(C)(C)C)cc4)C(=O)N[C@@H](Cc4cscn4)C(=O)O)cc3)nc2)cc1. The number of carbonyl (C=O) groups excluding carboxylic acids is 2. The van der Waals surface area contributed by atoms with Gasteiger partial charge in [0.15, 0.2) is 11.6 Å². The molecule has 3 aromatic carbocycles. The lowest BCUT2D eigenvalue weighted by Gasteiger charge is -2.21. The van der Waals surface area contributed by atoms with Gasteiger partial charge in [0, 0.05) is 53.2 Å². The first-order valence-corrected chi connectivity index (χ1v) is 19.6. The molecule has 5 rings (SSSR count). The number of ether oxygens (including phenoxy) is 1. The van der Waals surface area contributed by atoms with Crippen LogP contribution in [0.1, 0.15) is 93.4 Å². The van der Waals surface area contributed by atoms with Crippen LogP contribution in [0.15, 0.2) is 96.1 Å². The van der Waals surface area contributed by atoms with Gasteiger partial charge in [0.2, 0.25) is 5.91 Å². The number of rotatable bonds is 19. The summed E-state index contributed by atoms with van der Waals surface area (Å²) in [7, 11) is 0. The molecule has 0 fully saturated rings. The van der Waals surface area contributed by atoms with E-state index in [1.165, 1.54) is 37.0 Å². The van der Waals surface area contributed by atoms with E-state index in [2.05, 4.69) is 48.0 Å². The Bertz CT molecular complexity index is 1940. The molecule has 0 spiro atoms. The Balaban J connectivity index is 1.25. The number of nitrogens with zero attached hydrogens (tertiary/aromatic N) is 3. The number of unbranched alkanes of at least 4 members (excludes halogenated alkanes) is 4. The number of carbonyl (C=O) groups is 3. The quantitative estimate of drug-likeness (QED) is 0.0632. The van der Waals surface area contributed by atoms with Crippen molar-refractivity contribution in [2.24, 2.45) is 5.92 Å². The monoisotopic (exact) mass is 746 g/mol. The minimum absolute atomic E-state index is 0.0476. The van der Waals surface area contributed by atoms with E-state index >= 15 is 0 Å². The fraction of sp³-hybridized carbons (Fsp3) is 0.364. The fourth-order valence-electron chi connectivity index (χ4n) is 6.13. The molecule has 2 aromatic heterocycles. The molecule has 1 amide bonds. The van der Waals surface area contributed by atoms with Crippen molar-refractivity contribution in [3.05, 3.63) is 118 Å². The fourth-order valence-corrected chi connectivity index (χ4v) is 6.70. The Morgan fingerprint density at radius 3 is 2.07 bits per heavy atom. The zero-order chi connectivity index (χ0) is 38.5. The summed E-state index contributed by atoms with van der Waals surface area (Å²) in [6.45, 7) is 9.25. The van der Waals surface area contributed by atoms with Crippen LogP contribution in [0.5, 0.6) is 5.75 Å². The molecule has 9 nitrogen and oxygen atoms in total. The van der Waals surface area contributed by atoms with Crippen molar-refractivity contribution in [1.29, 1.82) is 0 Å². The number of hydrogen-bond acceptors (Lipinski definition) is 8. The van der Waals surface area contributed by atoms with Crippen LogP contribution in [0.25, 0.3) is 22.5 Å². The van der Waals surface area contributed by atoms with E-state index in [4.69, 9.17) is 4.74 Å². The first kappa shape index (κ1) is 40.0. The highest BCUT2D eigenvalue weighted by molar-refractivity contribution is 7.07. The van der Waals surface area contributed by atoms with Crippen LogP contribution in [-0.2, 0) is 27.8 Å². The number of aliphatic carboxylic acids is 1. The van der Waals surface area contributed by atoms with Crippen LogP contribution in [0.2, 0.25) is 0 Å².